The molecule has 0 bridgehead atoms. The summed E-state index contributed by atoms with van der Waals surface area (Å²) >= 11 is 5.74. The van der Waals surface area contributed by atoms with Gasteiger partial charge in [-0.2, -0.15) is 13.1 Å². The Hall–Kier alpha value is -2.28. The summed E-state index contributed by atoms with van der Waals surface area (Å²) in [7, 11) is -2.36. The molecule has 0 unspecified atom stereocenters. The van der Waals surface area contributed by atoms with Gasteiger partial charge >= 0.3 is 0 Å². The Morgan fingerprint density at radius 1 is 1.50 bits per heavy atom. The van der Waals surface area contributed by atoms with Crippen molar-refractivity contribution in [3.05, 3.63) is 34.7 Å². The number of ether oxygens (including phenoxy) is 1. The minimum absolute atomic E-state index is 0.0185. The highest BCUT2D eigenvalue weighted by molar-refractivity contribution is 7.87. The van der Waals surface area contributed by atoms with E-state index in [1.807, 2.05) is 0 Å². The Balaban J connectivity index is 2.12. The standard InChI is InChI=1S/C13H16ClFN6O4S/c1-7(6-18-26(16,22)23)24-13-11(20-25-21-13)12(17-2)19-8-3-4-10(15)9(14)5-8/h3-5,7,18H,6H2,1-2H3,(H,17,19)(H2,16,22,23)/t7-/m1/s1. The summed E-state index contributed by atoms with van der Waals surface area (Å²) in [6, 6.07) is 4.02. The topological polar surface area (TPSA) is 145 Å². The lowest BCUT2D eigenvalue weighted by Gasteiger charge is -2.13. The number of nitrogens with zero attached hydrogens (tertiary/aromatic N) is 3. The Morgan fingerprint density at radius 2 is 2.23 bits per heavy atom. The van der Waals surface area contributed by atoms with Crippen LogP contribution in [0.3, 0.4) is 0 Å². The second-order valence-corrected chi connectivity index (χ2v) is 6.85. The monoisotopic (exact) mass is 406 g/mol. The van der Waals surface area contributed by atoms with Gasteiger partial charge in [0.25, 0.3) is 16.1 Å². The Morgan fingerprint density at radius 3 is 2.85 bits per heavy atom. The number of amidine groups is 1. The molecule has 1 heterocycles. The van der Waals surface area contributed by atoms with E-state index in [9.17, 15) is 12.8 Å². The molecule has 0 fully saturated rings. The molecule has 0 saturated heterocycles. The number of aromatic nitrogens is 2. The lowest BCUT2D eigenvalue weighted by Crippen LogP contribution is -2.37. The summed E-state index contributed by atoms with van der Waals surface area (Å²) in [5.74, 6) is -0.360. The number of halogens is 2. The summed E-state index contributed by atoms with van der Waals surface area (Å²) in [6.45, 7) is 1.50. The Bertz CT molecular complexity index is 904. The predicted octanol–water partition coefficient (Wildman–Crippen LogP) is 0.911. The maximum absolute atomic E-state index is 13.3. The van der Waals surface area contributed by atoms with Gasteiger partial charge in [0.05, 0.1) is 5.02 Å². The first-order chi connectivity index (χ1) is 12.2. The number of hydrogen-bond donors (Lipinski definition) is 3. The summed E-state index contributed by atoms with van der Waals surface area (Å²) in [5, 5.41) is 15.0. The van der Waals surface area contributed by atoms with E-state index in [1.54, 1.807) is 6.92 Å². The lowest BCUT2D eigenvalue weighted by molar-refractivity contribution is 0.197. The van der Waals surface area contributed by atoms with Crippen molar-refractivity contribution >= 4 is 33.3 Å². The third-order valence-corrected chi connectivity index (χ3v) is 3.83. The second-order valence-electron chi connectivity index (χ2n) is 5.07. The van der Waals surface area contributed by atoms with Crippen LogP contribution < -0.4 is 19.9 Å². The average Bonchev–Trinajstić information content (AvgIpc) is 3.01. The van der Waals surface area contributed by atoms with E-state index in [4.69, 9.17) is 21.5 Å². The first-order valence-corrected chi connectivity index (χ1v) is 9.08. The van der Waals surface area contributed by atoms with Crippen LogP contribution in [-0.4, -0.2) is 44.3 Å². The molecule has 10 nitrogen and oxygen atoms in total. The van der Waals surface area contributed by atoms with Gasteiger partial charge in [-0.1, -0.05) is 11.6 Å². The molecule has 1 atom stereocenters. The number of rotatable bonds is 7. The smallest absolute Gasteiger partial charge is 0.287 e. The molecule has 142 valence electrons. The average molecular weight is 407 g/mol. The lowest BCUT2D eigenvalue weighted by atomic mass is 10.3. The van der Waals surface area contributed by atoms with Gasteiger partial charge in [0.1, 0.15) is 11.9 Å². The van der Waals surface area contributed by atoms with Crippen molar-refractivity contribution in [1.29, 1.82) is 0 Å². The molecule has 0 aliphatic heterocycles. The molecule has 2 aromatic rings. The van der Waals surface area contributed by atoms with Crippen LogP contribution in [0.2, 0.25) is 5.02 Å². The quantitative estimate of drug-likeness (QED) is 0.457. The third kappa shape index (κ3) is 5.62. The third-order valence-electron chi connectivity index (χ3n) is 2.97. The molecule has 13 heteroatoms. The summed E-state index contributed by atoms with van der Waals surface area (Å²) in [4.78, 5) is 4.03. The largest absolute Gasteiger partial charge is 0.469 e. The van der Waals surface area contributed by atoms with E-state index in [2.05, 4.69) is 30.0 Å². The first-order valence-electron chi connectivity index (χ1n) is 7.15. The number of nitrogens with one attached hydrogen (secondary N) is 2. The van der Waals surface area contributed by atoms with Crippen LogP contribution >= 0.6 is 11.6 Å². The molecule has 0 aliphatic carbocycles. The first kappa shape index (κ1) is 20.0. The maximum Gasteiger partial charge on any atom is 0.287 e. The highest BCUT2D eigenvalue weighted by Gasteiger charge is 2.20. The van der Waals surface area contributed by atoms with Gasteiger partial charge in [-0.3, -0.25) is 4.99 Å². The highest BCUT2D eigenvalue weighted by Crippen LogP contribution is 2.21. The van der Waals surface area contributed by atoms with Gasteiger partial charge < -0.3 is 10.1 Å². The van der Waals surface area contributed by atoms with Crippen molar-refractivity contribution in [2.24, 2.45) is 10.1 Å². The predicted molar refractivity (Wildman–Crippen MR) is 93.0 cm³/mol. The number of aliphatic imine (C=N–C) groups is 1. The zero-order valence-electron chi connectivity index (χ0n) is 13.7. The van der Waals surface area contributed by atoms with E-state index in [0.717, 1.165) is 0 Å². The van der Waals surface area contributed by atoms with Crippen LogP contribution in [0, 0.1) is 5.82 Å². The molecule has 0 spiro atoms. The van der Waals surface area contributed by atoms with E-state index in [-0.39, 0.29) is 29.0 Å². The number of anilines is 1. The fourth-order valence-corrected chi connectivity index (χ4v) is 2.45. The Labute approximate surface area is 153 Å². The molecule has 1 aromatic heterocycles. The molecule has 0 saturated carbocycles. The van der Waals surface area contributed by atoms with Crippen LogP contribution in [0.15, 0.2) is 27.8 Å². The van der Waals surface area contributed by atoms with Gasteiger partial charge in [0, 0.05) is 19.3 Å². The molecular weight excluding hydrogens is 391 g/mol. The van der Waals surface area contributed by atoms with Crippen molar-refractivity contribution in [3.63, 3.8) is 0 Å². The minimum Gasteiger partial charge on any atom is -0.469 e. The van der Waals surface area contributed by atoms with Gasteiger partial charge in [-0.25, -0.2) is 14.2 Å². The van der Waals surface area contributed by atoms with Gasteiger partial charge in [0.15, 0.2) is 5.84 Å². The fraction of sp³-hybridized carbons (Fsp3) is 0.308. The summed E-state index contributed by atoms with van der Waals surface area (Å²) < 4.78 is 47.3. The van der Waals surface area contributed by atoms with Crippen molar-refractivity contribution in [3.8, 4) is 5.88 Å². The van der Waals surface area contributed by atoms with Crippen LogP contribution in [0.4, 0.5) is 10.1 Å². The molecule has 0 radical (unpaired) electrons. The molecule has 2 rings (SSSR count). The molecular formula is C13H16ClFN6O4S. The second kappa shape index (κ2) is 8.40. The summed E-state index contributed by atoms with van der Waals surface area (Å²) in [5.41, 5.74) is 0.588. The zero-order valence-corrected chi connectivity index (χ0v) is 15.3. The van der Waals surface area contributed by atoms with Crippen molar-refractivity contribution in [1.82, 2.24) is 15.0 Å². The van der Waals surface area contributed by atoms with E-state index in [0.29, 0.717) is 5.69 Å². The van der Waals surface area contributed by atoms with Crippen LogP contribution in [0.5, 0.6) is 5.88 Å². The van der Waals surface area contributed by atoms with E-state index in [1.165, 1.54) is 25.2 Å². The van der Waals surface area contributed by atoms with E-state index < -0.39 is 22.1 Å². The van der Waals surface area contributed by atoms with Gasteiger partial charge in [0.2, 0.25) is 5.69 Å². The summed E-state index contributed by atoms with van der Waals surface area (Å²) in [6.07, 6.45) is -0.627. The number of benzene rings is 1. The molecule has 0 amide bonds. The molecule has 1 aromatic carbocycles. The zero-order chi connectivity index (χ0) is 19.3. The molecule has 0 aliphatic rings. The minimum atomic E-state index is -3.85. The van der Waals surface area contributed by atoms with Crippen LogP contribution in [0.25, 0.3) is 0 Å². The number of nitrogens with two attached hydrogens (primary N) is 1. The van der Waals surface area contributed by atoms with Crippen molar-refractivity contribution < 1.29 is 22.2 Å². The molecule has 26 heavy (non-hydrogen) atoms. The normalized spacial score (nSPS) is 13.5. The van der Waals surface area contributed by atoms with Crippen LogP contribution in [0.1, 0.15) is 12.6 Å². The highest BCUT2D eigenvalue weighted by atomic mass is 35.5. The van der Waals surface area contributed by atoms with Crippen molar-refractivity contribution in [2.75, 3.05) is 18.9 Å². The SMILES string of the molecule is C/N=C(\Nc1ccc(F)c(Cl)c1)c1nonc1O[C@H](C)CNS(N)(=O)=O. The Kier molecular flexibility index (Phi) is 6.47. The van der Waals surface area contributed by atoms with Gasteiger partial charge in [-0.15, -0.1) is 0 Å². The molecule has 4 N–H and O–H groups in total. The number of hydrogen-bond acceptors (Lipinski definition) is 7. The van der Waals surface area contributed by atoms with Crippen LogP contribution in [-0.2, 0) is 10.2 Å². The van der Waals surface area contributed by atoms with E-state index >= 15 is 0 Å². The van der Waals surface area contributed by atoms with Crippen molar-refractivity contribution in [2.45, 2.75) is 13.0 Å². The fourth-order valence-electron chi connectivity index (χ4n) is 1.80. The van der Waals surface area contributed by atoms with Gasteiger partial charge in [-0.05, 0) is 35.4 Å². The maximum atomic E-state index is 13.3.